The summed E-state index contributed by atoms with van der Waals surface area (Å²) >= 11 is 1.49. The Morgan fingerprint density at radius 2 is 2.26 bits per heavy atom. The molecule has 1 unspecified atom stereocenters. The largest absolute Gasteiger partial charge is 0.383 e. The van der Waals surface area contributed by atoms with Gasteiger partial charge >= 0.3 is 0 Å². The molecular weight excluding hydrogens is 312 g/mol. The number of fused-ring (bicyclic) bond motifs is 1. The number of benzene rings is 1. The lowest BCUT2D eigenvalue weighted by Crippen LogP contribution is -2.28. The van der Waals surface area contributed by atoms with Crippen molar-refractivity contribution in [2.24, 2.45) is 0 Å². The first-order valence-electron chi connectivity index (χ1n) is 7.35. The van der Waals surface area contributed by atoms with Crippen LogP contribution >= 0.6 is 11.3 Å². The molecule has 0 aliphatic carbocycles. The molecule has 1 amide bonds. The van der Waals surface area contributed by atoms with Gasteiger partial charge in [0.05, 0.1) is 17.5 Å². The lowest BCUT2D eigenvalue weighted by atomic mass is 10.2. The van der Waals surface area contributed by atoms with Gasteiger partial charge in [-0.15, -0.1) is 21.5 Å². The number of rotatable bonds is 6. The third-order valence-electron chi connectivity index (χ3n) is 3.57. The number of nitrogens with one attached hydrogen (secondary N) is 1. The Kier molecular flexibility index (Phi) is 4.68. The van der Waals surface area contributed by atoms with Gasteiger partial charge in [0.15, 0.2) is 5.82 Å². The van der Waals surface area contributed by atoms with E-state index in [0.29, 0.717) is 18.0 Å². The quantitative estimate of drug-likeness (QED) is 0.754. The monoisotopic (exact) mass is 330 g/mol. The lowest BCUT2D eigenvalue weighted by molar-refractivity contribution is 0.0941. The predicted molar refractivity (Wildman–Crippen MR) is 89.6 cm³/mol. The van der Waals surface area contributed by atoms with E-state index in [-0.39, 0.29) is 11.9 Å². The molecule has 0 saturated carbocycles. The van der Waals surface area contributed by atoms with Gasteiger partial charge in [0.1, 0.15) is 6.33 Å². The zero-order valence-corrected chi connectivity index (χ0v) is 13.8. The van der Waals surface area contributed by atoms with Crippen molar-refractivity contribution in [1.29, 1.82) is 0 Å². The molecule has 0 fully saturated rings. The van der Waals surface area contributed by atoms with Crippen LogP contribution in [-0.4, -0.2) is 34.4 Å². The van der Waals surface area contributed by atoms with E-state index in [1.807, 2.05) is 41.8 Å². The molecule has 7 heteroatoms. The zero-order valence-electron chi connectivity index (χ0n) is 13.0. The second kappa shape index (κ2) is 6.89. The number of aromatic nitrogens is 3. The molecule has 0 bridgehead atoms. The number of ether oxygens (including phenoxy) is 1. The van der Waals surface area contributed by atoms with Gasteiger partial charge in [-0.1, -0.05) is 18.2 Å². The van der Waals surface area contributed by atoms with E-state index >= 15 is 0 Å². The minimum absolute atomic E-state index is 0.0972. The fourth-order valence-electron chi connectivity index (χ4n) is 2.39. The van der Waals surface area contributed by atoms with Gasteiger partial charge in [0.25, 0.3) is 5.91 Å². The van der Waals surface area contributed by atoms with Crippen molar-refractivity contribution < 1.29 is 9.53 Å². The van der Waals surface area contributed by atoms with Crippen molar-refractivity contribution in [2.45, 2.75) is 19.5 Å². The molecule has 3 aromatic rings. The Balaban J connectivity index is 1.73. The van der Waals surface area contributed by atoms with Crippen molar-refractivity contribution in [3.8, 4) is 0 Å². The molecule has 1 atom stereocenters. The van der Waals surface area contributed by atoms with Crippen LogP contribution in [0.3, 0.4) is 0 Å². The molecule has 3 rings (SSSR count). The summed E-state index contributed by atoms with van der Waals surface area (Å²) in [5.41, 5.74) is 0. The van der Waals surface area contributed by atoms with Crippen LogP contribution in [0.2, 0.25) is 0 Å². The Hall–Kier alpha value is -2.25. The first-order chi connectivity index (χ1) is 11.2. The van der Waals surface area contributed by atoms with Crippen molar-refractivity contribution >= 4 is 27.3 Å². The number of thiophene rings is 1. The van der Waals surface area contributed by atoms with Crippen LogP contribution in [-0.2, 0) is 11.3 Å². The highest BCUT2D eigenvalue weighted by Gasteiger charge is 2.18. The molecule has 120 valence electrons. The number of carbonyl (C=O) groups is 1. The molecule has 6 nitrogen and oxygen atoms in total. The highest BCUT2D eigenvalue weighted by Crippen LogP contribution is 2.25. The molecule has 23 heavy (non-hydrogen) atoms. The van der Waals surface area contributed by atoms with Gasteiger partial charge in [0.2, 0.25) is 0 Å². The number of methoxy groups -OCH3 is 1. The Labute approximate surface area is 138 Å². The summed E-state index contributed by atoms with van der Waals surface area (Å²) in [7, 11) is 1.65. The van der Waals surface area contributed by atoms with Gasteiger partial charge in [-0.25, -0.2) is 0 Å². The molecule has 1 N–H and O–H groups in total. The summed E-state index contributed by atoms with van der Waals surface area (Å²) in [5, 5.41) is 12.1. The van der Waals surface area contributed by atoms with E-state index < -0.39 is 0 Å². The molecule has 1 aromatic carbocycles. The average Bonchev–Trinajstić information content (AvgIpc) is 3.19. The first-order valence-corrected chi connectivity index (χ1v) is 8.17. The number of nitrogens with zero attached hydrogens (tertiary/aromatic N) is 3. The standard InChI is InChI=1S/C16H18N4O2S/c1-11(15-19-17-10-20(15)7-8-22-2)18-16(21)14-9-12-5-3-4-6-13(12)23-14/h3-6,9-11H,7-8H2,1-2H3,(H,18,21). The van der Waals surface area contributed by atoms with E-state index in [2.05, 4.69) is 15.5 Å². The molecule has 0 aliphatic heterocycles. The number of hydrogen-bond acceptors (Lipinski definition) is 5. The maximum atomic E-state index is 12.5. The minimum atomic E-state index is -0.230. The van der Waals surface area contributed by atoms with Gasteiger partial charge in [-0.3, -0.25) is 4.79 Å². The summed E-state index contributed by atoms with van der Waals surface area (Å²) < 4.78 is 8.07. The van der Waals surface area contributed by atoms with Gasteiger partial charge in [-0.2, -0.15) is 0 Å². The first kappa shape index (κ1) is 15.6. The van der Waals surface area contributed by atoms with Crippen LogP contribution in [0.15, 0.2) is 36.7 Å². The summed E-state index contributed by atoms with van der Waals surface area (Å²) in [4.78, 5) is 13.2. The van der Waals surface area contributed by atoms with Gasteiger partial charge in [-0.05, 0) is 24.4 Å². The SMILES string of the molecule is COCCn1cnnc1C(C)NC(=O)c1cc2ccccc2s1. The highest BCUT2D eigenvalue weighted by atomic mass is 32.1. The molecule has 0 spiro atoms. The van der Waals surface area contributed by atoms with E-state index in [9.17, 15) is 4.79 Å². The second-order valence-electron chi connectivity index (χ2n) is 5.22. The van der Waals surface area contributed by atoms with Crippen LogP contribution in [0.1, 0.15) is 28.5 Å². The van der Waals surface area contributed by atoms with Crippen molar-refractivity contribution in [3.63, 3.8) is 0 Å². The van der Waals surface area contributed by atoms with Crippen molar-refractivity contribution in [1.82, 2.24) is 20.1 Å². The fourth-order valence-corrected chi connectivity index (χ4v) is 3.35. The molecular formula is C16H18N4O2S. The normalized spacial score (nSPS) is 12.4. The Morgan fingerprint density at radius 1 is 1.43 bits per heavy atom. The second-order valence-corrected chi connectivity index (χ2v) is 6.30. The summed E-state index contributed by atoms with van der Waals surface area (Å²) in [5.74, 6) is 0.622. The topological polar surface area (TPSA) is 69.0 Å². The zero-order chi connectivity index (χ0) is 16.2. The molecule has 0 saturated heterocycles. The van der Waals surface area contributed by atoms with Gasteiger partial charge in [0, 0.05) is 18.4 Å². The van der Waals surface area contributed by atoms with E-state index in [1.165, 1.54) is 11.3 Å². The Bertz CT molecular complexity index is 778. The number of hydrogen-bond donors (Lipinski definition) is 1. The summed E-state index contributed by atoms with van der Waals surface area (Å²) in [6.45, 7) is 3.13. The smallest absolute Gasteiger partial charge is 0.261 e. The predicted octanol–water partition coefficient (Wildman–Crippen LogP) is 2.63. The summed E-state index contributed by atoms with van der Waals surface area (Å²) in [6, 6.07) is 9.65. The number of carbonyl (C=O) groups excluding carboxylic acids is 1. The average molecular weight is 330 g/mol. The van der Waals surface area contributed by atoms with E-state index in [1.54, 1.807) is 13.4 Å². The van der Waals surface area contributed by atoms with Crippen LogP contribution in [0.25, 0.3) is 10.1 Å². The third-order valence-corrected chi connectivity index (χ3v) is 4.68. The minimum Gasteiger partial charge on any atom is -0.383 e. The summed E-state index contributed by atoms with van der Waals surface area (Å²) in [6.07, 6.45) is 1.65. The molecule has 2 heterocycles. The van der Waals surface area contributed by atoms with E-state index in [0.717, 1.165) is 15.9 Å². The molecule has 2 aromatic heterocycles. The molecule has 0 radical (unpaired) electrons. The highest BCUT2D eigenvalue weighted by molar-refractivity contribution is 7.20. The van der Waals surface area contributed by atoms with E-state index in [4.69, 9.17) is 4.74 Å². The van der Waals surface area contributed by atoms with Crippen LogP contribution in [0.5, 0.6) is 0 Å². The fraction of sp³-hybridized carbons (Fsp3) is 0.312. The maximum absolute atomic E-state index is 12.5. The molecule has 0 aliphatic rings. The van der Waals surface area contributed by atoms with Crippen LogP contribution in [0, 0.1) is 0 Å². The van der Waals surface area contributed by atoms with Crippen LogP contribution in [0.4, 0.5) is 0 Å². The maximum Gasteiger partial charge on any atom is 0.261 e. The van der Waals surface area contributed by atoms with Gasteiger partial charge < -0.3 is 14.6 Å². The third kappa shape index (κ3) is 3.40. The Morgan fingerprint density at radius 3 is 3.04 bits per heavy atom. The number of amides is 1. The van der Waals surface area contributed by atoms with Crippen LogP contribution < -0.4 is 5.32 Å². The van der Waals surface area contributed by atoms with Crippen molar-refractivity contribution in [2.75, 3.05) is 13.7 Å². The van der Waals surface area contributed by atoms with Crippen molar-refractivity contribution in [3.05, 3.63) is 47.4 Å². The lowest BCUT2D eigenvalue weighted by Gasteiger charge is -2.14.